The van der Waals surface area contributed by atoms with Gasteiger partial charge in [0.2, 0.25) is 0 Å². The molecule has 7 nitrogen and oxygen atoms in total. The van der Waals surface area contributed by atoms with E-state index in [1.54, 1.807) is 23.6 Å². The maximum atomic E-state index is 12.4. The Bertz CT molecular complexity index is 1290. The predicted molar refractivity (Wildman–Crippen MR) is 116 cm³/mol. The van der Waals surface area contributed by atoms with Crippen molar-refractivity contribution in [2.45, 2.75) is 18.4 Å². The van der Waals surface area contributed by atoms with Crippen LogP contribution in [0.1, 0.15) is 12.5 Å². The molecule has 9 heteroatoms. The minimum atomic E-state index is -3.39. The summed E-state index contributed by atoms with van der Waals surface area (Å²) in [6.07, 6.45) is 4.12. The molecule has 156 valence electrons. The molecular formula is C21H20N2O5S2. The fourth-order valence-corrected chi connectivity index (χ4v) is 4.52. The number of thiazole rings is 1. The summed E-state index contributed by atoms with van der Waals surface area (Å²) in [5, 5.41) is 0. The third kappa shape index (κ3) is 5.31. The first-order valence-corrected chi connectivity index (χ1v) is 11.8. The van der Waals surface area contributed by atoms with E-state index >= 15 is 0 Å². The van der Waals surface area contributed by atoms with Crippen LogP contribution in [0, 0.1) is 0 Å². The third-order valence-electron chi connectivity index (χ3n) is 4.10. The van der Waals surface area contributed by atoms with Crippen LogP contribution in [0.15, 0.2) is 64.5 Å². The Morgan fingerprint density at radius 2 is 1.90 bits per heavy atom. The molecule has 0 atom stereocenters. The van der Waals surface area contributed by atoms with Crippen LogP contribution in [-0.2, 0) is 30.7 Å². The van der Waals surface area contributed by atoms with Crippen molar-refractivity contribution in [1.82, 2.24) is 4.57 Å². The number of nitrogens with zero attached hydrogens (tertiary/aromatic N) is 2. The molecule has 1 amide bonds. The van der Waals surface area contributed by atoms with Crippen molar-refractivity contribution in [3.63, 3.8) is 0 Å². The summed E-state index contributed by atoms with van der Waals surface area (Å²) in [6.45, 7) is 1.79. The number of sulfone groups is 1. The second-order valence-electron chi connectivity index (χ2n) is 6.37. The van der Waals surface area contributed by atoms with Crippen LogP contribution in [0.5, 0.6) is 0 Å². The van der Waals surface area contributed by atoms with Crippen molar-refractivity contribution in [2.24, 2.45) is 4.99 Å². The van der Waals surface area contributed by atoms with Crippen LogP contribution >= 0.6 is 11.3 Å². The smallest absolute Gasteiger partial charge is 0.326 e. The zero-order valence-electron chi connectivity index (χ0n) is 16.4. The highest BCUT2D eigenvalue weighted by molar-refractivity contribution is 7.90. The van der Waals surface area contributed by atoms with Crippen LogP contribution in [0.4, 0.5) is 0 Å². The minimum Gasteiger partial charge on any atom is -0.465 e. The molecule has 0 spiro atoms. The second-order valence-corrected chi connectivity index (χ2v) is 9.40. The van der Waals surface area contributed by atoms with E-state index in [-0.39, 0.29) is 22.8 Å². The standard InChI is InChI=1S/C21H20N2O5S2/c1-3-28-20(25)14-23-17-11-10-16(30(2,26)27)13-18(17)29-21(23)22-19(24)12-9-15-7-5-4-6-8-15/h4-13H,3,14H2,1-2H3. The maximum absolute atomic E-state index is 12.4. The summed E-state index contributed by atoms with van der Waals surface area (Å²) < 4.78 is 30.9. The van der Waals surface area contributed by atoms with Gasteiger partial charge in [-0.15, -0.1) is 0 Å². The van der Waals surface area contributed by atoms with Gasteiger partial charge in [0.05, 0.1) is 21.7 Å². The molecule has 30 heavy (non-hydrogen) atoms. The van der Waals surface area contributed by atoms with Crippen LogP contribution in [0.2, 0.25) is 0 Å². The Morgan fingerprint density at radius 3 is 2.57 bits per heavy atom. The molecule has 1 aromatic heterocycles. The van der Waals surface area contributed by atoms with E-state index in [2.05, 4.69) is 4.99 Å². The SMILES string of the molecule is CCOC(=O)Cn1c(=NC(=O)C=Cc2ccccc2)sc2cc(S(C)(=O)=O)ccc21. The number of carbonyl (C=O) groups excluding carboxylic acids is 2. The second kappa shape index (κ2) is 9.19. The Balaban J connectivity index is 2.06. The van der Waals surface area contributed by atoms with Crippen molar-refractivity contribution in [1.29, 1.82) is 0 Å². The lowest BCUT2D eigenvalue weighted by atomic mass is 10.2. The molecule has 0 radical (unpaired) electrons. The van der Waals surface area contributed by atoms with E-state index in [9.17, 15) is 18.0 Å². The highest BCUT2D eigenvalue weighted by Crippen LogP contribution is 2.22. The van der Waals surface area contributed by atoms with Gasteiger partial charge in [-0.3, -0.25) is 9.59 Å². The average molecular weight is 445 g/mol. The quantitative estimate of drug-likeness (QED) is 0.430. The first kappa shape index (κ1) is 21.7. The van der Waals surface area contributed by atoms with Crippen molar-refractivity contribution in [3.8, 4) is 0 Å². The number of hydrogen-bond donors (Lipinski definition) is 0. The van der Waals surface area contributed by atoms with Gasteiger partial charge in [0, 0.05) is 12.3 Å². The van der Waals surface area contributed by atoms with E-state index in [1.807, 2.05) is 30.3 Å². The van der Waals surface area contributed by atoms with Gasteiger partial charge in [0.1, 0.15) is 6.54 Å². The molecule has 0 fully saturated rings. The lowest BCUT2D eigenvalue weighted by molar-refractivity contribution is -0.143. The summed E-state index contributed by atoms with van der Waals surface area (Å²) in [5.41, 5.74) is 1.45. The van der Waals surface area contributed by atoms with Crippen molar-refractivity contribution >= 4 is 49.3 Å². The lowest BCUT2D eigenvalue weighted by Crippen LogP contribution is -2.22. The molecule has 0 N–H and O–H groups in total. The van der Waals surface area contributed by atoms with Crippen molar-refractivity contribution in [2.75, 3.05) is 12.9 Å². The number of carbonyl (C=O) groups is 2. The summed E-state index contributed by atoms with van der Waals surface area (Å²) in [7, 11) is -3.39. The van der Waals surface area contributed by atoms with E-state index in [4.69, 9.17) is 4.74 Å². The molecule has 0 aliphatic carbocycles. The topological polar surface area (TPSA) is 94.8 Å². The fraction of sp³-hybridized carbons (Fsp3) is 0.190. The predicted octanol–water partition coefficient (Wildman–Crippen LogP) is 2.81. The van der Waals surface area contributed by atoms with Crippen LogP contribution in [0.3, 0.4) is 0 Å². The molecule has 0 unspecified atom stereocenters. The van der Waals surface area contributed by atoms with Crippen molar-refractivity contribution in [3.05, 3.63) is 65.0 Å². The van der Waals surface area contributed by atoms with Gasteiger partial charge < -0.3 is 9.30 Å². The van der Waals surface area contributed by atoms with Gasteiger partial charge in [-0.1, -0.05) is 41.7 Å². The van der Waals surface area contributed by atoms with Gasteiger partial charge in [0.15, 0.2) is 14.6 Å². The van der Waals surface area contributed by atoms with Crippen LogP contribution < -0.4 is 4.80 Å². The number of aromatic nitrogens is 1. The molecule has 0 bridgehead atoms. The van der Waals surface area contributed by atoms with Gasteiger partial charge in [-0.05, 0) is 36.8 Å². The molecule has 3 aromatic rings. The molecule has 1 heterocycles. The fourth-order valence-electron chi connectivity index (χ4n) is 2.72. The van der Waals surface area contributed by atoms with Gasteiger partial charge >= 0.3 is 5.97 Å². The van der Waals surface area contributed by atoms with Crippen molar-refractivity contribution < 1.29 is 22.7 Å². The largest absolute Gasteiger partial charge is 0.465 e. The Hall–Kier alpha value is -3.04. The highest BCUT2D eigenvalue weighted by atomic mass is 32.2. The Kier molecular flexibility index (Phi) is 6.63. The molecule has 0 saturated heterocycles. The van der Waals surface area contributed by atoms with Gasteiger partial charge in [-0.2, -0.15) is 4.99 Å². The van der Waals surface area contributed by atoms with E-state index in [1.165, 1.54) is 18.2 Å². The number of fused-ring (bicyclic) bond motifs is 1. The Morgan fingerprint density at radius 1 is 1.17 bits per heavy atom. The number of ether oxygens (including phenoxy) is 1. The normalized spacial score (nSPS) is 12.5. The maximum Gasteiger partial charge on any atom is 0.326 e. The molecule has 0 aliphatic heterocycles. The van der Waals surface area contributed by atoms with E-state index < -0.39 is 21.7 Å². The van der Waals surface area contributed by atoms with Gasteiger partial charge in [-0.25, -0.2) is 8.42 Å². The minimum absolute atomic E-state index is 0.138. The summed E-state index contributed by atoms with van der Waals surface area (Å²) in [4.78, 5) is 29.0. The number of rotatable bonds is 6. The highest BCUT2D eigenvalue weighted by Gasteiger charge is 2.15. The van der Waals surface area contributed by atoms with E-state index in [0.717, 1.165) is 23.2 Å². The molecular weight excluding hydrogens is 424 g/mol. The first-order valence-electron chi connectivity index (χ1n) is 9.09. The zero-order chi connectivity index (χ0) is 21.7. The first-order chi connectivity index (χ1) is 14.3. The van der Waals surface area contributed by atoms with Crippen LogP contribution in [-0.4, -0.2) is 37.7 Å². The zero-order valence-corrected chi connectivity index (χ0v) is 18.1. The number of benzene rings is 2. The molecule has 0 saturated carbocycles. The molecule has 2 aromatic carbocycles. The Labute approximate surface area is 177 Å². The third-order valence-corrected chi connectivity index (χ3v) is 6.25. The molecule has 3 rings (SSSR count). The average Bonchev–Trinajstić information content (AvgIpc) is 3.03. The van der Waals surface area contributed by atoms with E-state index in [0.29, 0.717) is 10.2 Å². The van der Waals surface area contributed by atoms with Gasteiger partial charge in [0.25, 0.3) is 5.91 Å². The summed E-state index contributed by atoms with van der Waals surface area (Å²) >= 11 is 1.13. The number of hydrogen-bond acceptors (Lipinski definition) is 6. The summed E-state index contributed by atoms with van der Waals surface area (Å²) in [5.74, 6) is -0.968. The molecule has 0 aliphatic rings. The number of amides is 1. The lowest BCUT2D eigenvalue weighted by Gasteiger charge is -2.05. The monoisotopic (exact) mass is 444 g/mol. The van der Waals surface area contributed by atoms with Crippen LogP contribution in [0.25, 0.3) is 16.3 Å². The number of esters is 1. The summed E-state index contributed by atoms with van der Waals surface area (Å²) in [6, 6.07) is 13.9.